The summed E-state index contributed by atoms with van der Waals surface area (Å²) < 4.78 is 5.75. The lowest BCUT2D eigenvalue weighted by Crippen LogP contribution is -2.01. The monoisotopic (exact) mass is 387 g/mol. The van der Waals surface area contributed by atoms with Crippen molar-refractivity contribution in [3.8, 4) is 17.1 Å². The summed E-state index contributed by atoms with van der Waals surface area (Å²) in [5.74, 6) is 1.41. The van der Waals surface area contributed by atoms with Crippen LogP contribution < -0.4 is 0 Å². The molecule has 1 atom stereocenters. The van der Waals surface area contributed by atoms with Gasteiger partial charge in [0.25, 0.3) is 0 Å². The molecular weight excluding hydrogens is 366 g/mol. The van der Waals surface area contributed by atoms with Crippen molar-refractivity contribution in [3.63, 3.8) is 0 Å². The molecule has 0 amide bonds. The van der Waals surface area contributed by atoms with E-state index in [1.165, 1.54) is 0 Å². The van der Waals surface area contributed by atoms with Gasteiger partial charge in [-0.1, -0.05) is 0 Å². The number of fused-ring (bicyclic) bond motifs is 2. The molecule has 29 heavy (non-hydrogen) atoms. The fourth-order valence-electron chi connectivity index (χ4n) is 3.87. The van der Waals surface area contributed by atoms with Crippen LogP contribution in [-0.2, 0) is 7.05 Å². The third-order valence-electron chi connectivity index (χ3n) is 5.21. The van der Waals surface area contributed by atoms with Crippen LogP contribution in [0.1, 0.15) is 30.2 Å². The zero-order valence-electron chi connectivity index (χ0n) is 16.7. The lowest BCUT2D eigenvalue weighted by Gasteiger charge is -2.08. The molecule has 0 saturated carbocycles. The standard InChI is InChI=1S/C21H21N7O/c1-12-9-13(2)28-21(24-12)16(11-23-28)20-22-7-8-27(20)15-5-6-18-17(10-15)25-19(14(3)29)26(18)4/h5-11,14,29H,1-4H3. The van der Waals surface area contributed by atoms with Crippen LogP contribution >= 0.6 is 0 Å². The predicted molar refractivity (Wildman–Crippen MR) is 110 cm³/mol. The second-order valence-corrected chi connectivity index (χ2v) is 7.33. The number of imidazole rings is 2. The van der Waals surface area contributed by atoms with E-state index in [2.05, 4.69) is 20.1 Å². The Labute approximate surface area is 167 Å². The maximum atomic E-state index is 9.96. The summed E-state index contributed by atoms with van der Waals surface area (Å²) in [5.41, 5.74) is 6.34. The zero-order chi connectivity index (χ0) is 20.3. The second kappa shape index (κ2) is 6.25. The predicted octanol–water partition coefficient (Wildman–Crippen LogP) is 3.14. The van der Waals surface area contributed by atoms with Gasteiger partial charge >= 0.3 is 0 Å². The van der Waals surface area contributed by atoms with E-state index in [9.17, 15) is 5.11 Å². The summed E-state index contributed by atoms with van der Waals surface area (Å²) in [7, 11) is 1.91. The molecular formula is C21H21N7O. The number of aromatic nitrogens is 7. The first-order chi connectivity index (χ1) is 13.9. The van der Waals surface area contributed by atoms with Gasteiger partial charge in [0.05, 0.1) is 22.8 Å². The van der Waals surface area contributed by atoms with Crippen LogP contribution in [-0.4, -0.2) is 38.8 Å². The molecule has 4 aromatic heterocycles. The van der Waals surface area contributed by atoms with Crippen LogP contribution in [0.2, 0.25) is 0 Å². The lowest BCUT2D eigenvalue weighted by atomic mass is 10.2. The number of aryl methyl sites for hydroxylation is 3. The van der Waals surface area contributed by atoms with Gasteiger partial charge in [0, 0.05) is 36.5 Å². The third-order valence-corrected chi connectivity index (χ3v) is 5.21. The number of nitrogens with zero attached hydrogens (tertiary/aromatic N) is 7. The van der Waals surface area contributed by atoms with E-state index in [0.29, 0.717) is 5.82 Å². The number of aliphatic hydroxyl groups is 1. The average molecular weight is 387 g/mol. The highest BCUT2D eigenvalue weighted by Crippen LogP contribution is 2.28. The Morgan fingerprint density at radius 3 is 2.72 bits per heavy atom. The molecule has 0 bridgehead atoms. The first-order valence-electron chi connectivity index (χ1n) is 9.44. The number of hydrogen-bond donors (Lipinski definition) is 1. The van der Waals surface area contributed by atoms with Crippen molar-refractivity contribution in [2.75, 3.05) is 0 Å². The number of hydrogen-bond acceptors (Lipinski definition) is 5. The van der Waals surface area contributed by atoms with E-state index in [1.807, 2.05) is 65.0 Å². The second-order valence-electron chi connectivity index (χ2n) is 7.33. The van der Waals surface area contributed by atoms with E-state index in [-0.39, 0.29) is 0 Å². The molecule has 0 aliphatic carbocycles. The Bertz CT molecular complexity index is 1370. The largest absolute Gasteiger partial charge is 0.385 e. The Balaban J connectivity index is 1.68. The molecule has 8 heteroatoms. The van der Waals surface area contributed by atoms with Crippen molar-refractivity contribution in [3.05, 3.63) is 60.1 Å². The van der Waals surface area contributed by atoms with Crippen LogP contribution in [0.4, 0.5) is 0 Å². The summed E-state index contributed by atoms with van der Waals surface area (Å²) in [5, 5.41) is 14.5. The van der Waals surface area contributed by atoms with Crippen LogP contribution in [0.3, 0.4) is 0 Å². The van der Waals surface area contributed by atoms with Crippen LogP contribution in [0.15, 0.2) is 42.9 Å². The van der Waals surface area contributed by atoms with Crippen LogP contribution in [0.5, 0.6) is 0 Å². The molecule has 5 aromatic rings. The van der Waals surface area contributed by atoms with E-state index < -0.39 is 6.10 Å². The maximum Gasteiger partial charge on any atom is 0.166 e. The van der Waals surface area contributed by atoms with Crippen LogP contribution in [0, 0.1) is 13.8 Å². The molecule has 0 aliphatic rings. The van der Waals surface area contributed by atoms with E-state index in [4.69, 9.17) is 0 Å². The van der Waals surface area contributed by atoms with Crippen molar-refractivity contribution in [1.82, 2.24) is 33.7 Å². The van der Waals surface area contributed by atoms with E-state index in [0.717, 1.165) is 45.1 Å². The third kappa shape index (κ3) is 2.64. The van der Waals surface area contributed by atoms with Gasteiger partial charge in [-0.2, -0.15) is 5.10 Å². The smallest absolute Gasteiger partial charge is 0.166 e. The van der Waals surface area contributed by atoms with Gasteiger partial charge in [0.1, 0.15) is 17.8 Å². The molecule has 4 heterocycles. The number of benzene rings is 1. The van der Waals surface area contributed by atoms with Gasteiger partial charge in [-0.25, -0.2) is 19.5 Å². The zero-order valence-corrected chi connectivity index (χ0v) is 16.7. The fraction of sp³-hybridized carbons (Fsp3) is 0.238. The van der Waals surface area contributed by atoms with Crippen molar-refractivity contribution < 1.29 is 5.11 Å². The van der Waals surface area contributed by atoms with Crippen LogP contribution in [0.25, 0.3) is 33.8 Å². The highest BCUT2D eigenvalue weighted by molar-refractivity contribution is 5.80. The minimum Gasteiger partial charge on any atom is -0.385 e. The summed E-state index contributed by atoms with van der Waals surface area (Å²) in [6.07, 6.45) is 4.86. The molecule has 146 valence electrons. The molecule has 1 N–H and O–H groups in total. The summed E-state index contributed by atoms with van der Waals surface area (Å²) in [6, 6.07) is 8.04. The first kappa shape index (κ1) is 17.6. The van der Waals surface area contributed by atoms with Crippen molar-refractivity contribution in [2.45, 2.75) is 26.9 Å². The average Bonchev–Trinajstić information content (AvgIpc) is 3.38. The van der Waals surface area contributed by atoms with Crippen molar-refractivity contribution >= 4 is 16.7 Å². The Kier molecular flexibility index (Phi) is 3.78. The SMILES string of the molecule is Cc1cc(C)n2ncc(-c3nccn3-c3ccc4c(c3)nc(C(C)O)n4C)c2n1. The highest BCUT2D eigenvalue weighted by Gasteiger charge is 2.17. The fourth-order valence-corrected chi connectivity index (χ4v) is 3.87. The quantitative estimate of drug-likeness (QED) is 0.514. The van der Waals surface area contributed by atoms with Crippen molar-refractivity contribution in [2.24, 2.45) is 7.05 Å². The first-order valence-corrected chi connectivity index (χ1v) is 9.44. The van der Waals surface area contributed by atoms with E-state index in [1.54, 1.807) is 19.3 Å². The molecule has 0 saturated heterocycles. The summed E-state index contributed by atoms with van der Waals surface area (Å²) >= 11 is 0. The highest BCUT2D eigenvalue weighted by atomic mass is 16.3. The molecule has 0 fully saturated rings. The molecule has 0 spiro atoms. The van der Waals surface area contributed by atoms with Gasteiger partial charge < -0.3 is 9.67 Å². The topological polar surface area (TPSA) is 86.1 Å². The molecule has 8 nitrogen and oxygen atoms in total. The maximum absolute atomic E-state index is 9.96. The number of rotatable bonds is 3. The Morgan fingerprint density at radius 1 is 1.10 bits per heavy atom. The van der Waals surface area contributed by atoms with Gasteiger partial charge in [-0.05, 0) is 45.0 Å². The minimum atomic E-state index is -0.629. The van der Waals surface area contributed by atoms with Gasteiger partial charge in [0.2, 0.25) is 0 Å². The normalized spacial score (nSPS) is 12.9. The van der Waals surface area contributed by atoms with Gasteiger partial charge in [0.15, 0.2) is 5.65 Å². The molecule has 0 radical (unpaired) electrons. The molecule has 1 aromatic carbocycles. The number of aliphatic hydroxyl groups excluding tert-OH is 1. The molecule has 5 rings (SSSR count). The minimum absolute atomic E-state index is 0.629. The molecule has 1 unspecified atom stereocenters. The van der Waals surface area contributed by atoms with Crippen molar-refractivity contribution in [1.29, 1.82) is 0 Å². The van der Waals surface area contributed by atoms with Gasteiger partial charge in [-0.3, -0.25) is 4.57 Å². The summed E-state index contributed by atoms with van der Waals surface area (Å²) in [6.45, 7) is 5.71. The Morgan fingerprint density at radius 2 is 1.93 bits per heavy atom. The molecule has 0 aliphatic heterocycles. The van der Waals surface area contributed by atoms with Gasteiger partial charge in [-0.15, -0.1) is 0 Å². The summed E-state index contributed by atoms with van der Waals surface area (Å²) in [4.78, 5) is 13.9. The Hall–Kier alpha value is -3.52. The lowest BCUT2D eigenvalue weighted by molar-refractivity contribution is 0.186. The van der Waals surface area contributed by atoms with E-state index >= 15 is 0 Å².